The molecule has 0 radical (unpaired) electrons. The van der Waals surface area contributed by atoms with Crippen LogP contribution in [-0.4, -0.2) is 40.8 Å². The Morgan fingerprint density at radius 2 is 2.14 bits per heavy atom. The first kappa shape index (κ1) is 13.8. The fourth-order valence-corrected chi connectivity index (χ4v) is 2.31. The van der Waals surface area contributed by atoms with E-state index >= 15 is 0 Å². The summed E-state index contributed by atoms with van der Waals surface area (Å²) in [7, 11) is 0. The molecule has 1 aliphatic rings. The number of aromatic nitrogens is 3. The number of hydrogen-bond acceptors (Lipinski definition) is 6. The number of nitrogens with zero attached hydrogens (tertiary/aromatic N) is 4. The second-order valence-electron chi connectivity index (χ2n) is 5.08. The number of ether oxygens (including phenoxy) is 1. The highest BCUT2D eigenvalue weighted by atomic mass is 16.5. The summed E-state index contributed by atoms with van der Waals surface area (Å²) in [6.45, 7) is 5.30. The smallest absolute Gasteiger partial charge is 0.222 e. The van der Waals surface area contributed by atoms with Crippen LogP contribution in [0.15, 0.2) is 36.8 Å². The van der Waals surface area contributed by atoms with Gasteiger partial charge in [-0.25, -0.2) is 15.0 Å². The van der Waals surface area contributed by atoms with Crippen molar-refractivity contribution in [3.05, 3.63) is 42.4 Å². The SMILES string of the molecule is CC1CN(c2ccc(CNc3ncccn3)cn2)CCO1. The molecule has 2 aromatic rings. The zero-order valence-electron chi connectivity index (χ0n) is 12.1. The minimum absolute atomic E-state index is 0.261. The van der Waals surface area contributed by atoms with E-state index in [1.807, 2.05) is 6.20 Å². The van der Waals surface area contributed by atoms with Crippen molar-refractivity contribution in [1.29, 1.82) is 0 Å². The minimum Gasteiger partial charge on any atom is -0.375 e. The van der Waals surface area contributed by atoms with Crippen molar-refractivity contribution in [3.63, 3.8) is 0 Å². The molecule has 1 N–H and O–H groups in total. The quantitative estimate of drug-likeness (QED) is 0.922. The van der Waals surface area contributed by atoms with E-state index in [-0.39, 0.29) is 6.10 Å². The van der Waals surface area contributed by atoms with Gasteiger partial charge in [0.05, 0.1) is 12.7 Å². The highest BCUT2D eigenvalue weighted by molar-refractivity contribution is 5.40. The Morgan fingerprint density at radius 1 is 1.29 bits per heavy atom. The second kappa shape index (κ2) is 6.49. The van der Waals surface area contributed by atoms with E-state index in [4.69, 9.17) is 4.74 Å². The molecule has 21 heavy (non-hydrogen) atoms. The van der Waals surface area contributed by atoms with Crippen LogP contribution in [-0.2, 0) is 11.3 Å². The third kappa shape index (κ3) is 3.66. The van der Waals surface area contributed by atoms with Crippen molar-refractivity contribution in [3.8, 4) is 0 Å². The molecule has 110 valence electrons. The van der Waals surface area contributed by atoms with Crippen LogP contribution in [0.2, 0.25) is 0 Å². The highest BCUT2D eigenvalue weighted by Crippen LogP contribution is 2.15. The first-order valence-electron chi connectivity index (χ1n) is 7.13. The summed E-state index contributed by atoms with van der Waals surface area (Å²) in [5.74, 6) is 1.63. The fourth-order valence-electron chi connectivity index (χ4n) is 2.31. The van der Waals surface area contributed by atoms with Gasteiger partial charge in [-0.3, -0.25) is 0 Å². The maximum Gasteiger partial charge on any atom is 0.222 e. The Labute approximate surface area is 124 Å². The monoisotopic (exact) mass is 285 g/mol. The van der Waals surface area contributed by atoms with E-state index in [9.17, 15) is 0 Å². The van der Waals surface area contributed by atoms with E-state index in [0.717, 1.165) is 31.1 Å². The first-order chi connectivity index (χ1) is 10.3. The lowest BCUT2D eigenvalue weighted by Gasteiger charge is -2.32. The van der Waals surface area contributed by atoms with Gasteiger partial charge in [-0.2, -0.15) is 0 Å². The van der Waals surface area contributed by atoms with Crippen LogP contribution in [0.25, 0.3) is 0 Å². The second-order valence-corrected chi connectivity index (χ2v) is 5.08. The van der Waals surface area contributed by atoms with Crippen LogP contribution in [0.1, 0.15) is 12.5 Å². The number of nitrogens with one attached hydrogen (secondary N) is 1. The molecular weight excluding hydrogens is 266 g/mol. The van der Waals surface area contributed by atoms with Gasteiger partial charge >= 0.3 is 0 Å². The van der Waals surface area contributed by atoms with Crippen molar-refractivity contribution in [2.75, 3.05) is 29.9 Å². The topological polar surface area (TPSA) is 63.2 Å². The predicted molar refractivity (Wildman–Crippen MR) is 81.2 cm³/mol. The van der Waals surface area contributed by atoms with Crippen LogP contribution in [0, 0.1) is 0 Å². The molecule has 1 aliphatic heterocycles. The molecule has 6 nitrogen and oxygen atoms in total. The Balaban J connectivity index is 1.59. The molecular formula is C15H19N5O. The van der Waals surface area contributed by atoms with Crippen LogP contribution in [0.5, 0.6) is 0 Å². The Hall–Kier alpha value is -2.21. The summed E-state index contributed by atoms with van der Waals surface area (Å²) < 4.78 is 5.55. The van der Waals surface area contributed by atoms with Gasteiger partial charge in [0.1, 0.15) is 5.82 Å². The molecule has 0 amide bonds. The zero-order chi connectivity index (χ0) is 14.5. The highest BCUT2D eigenvalue weighted by Gasteiger charge is 2.17. The van der Waals surface area contributed by atoms with E-state index in [1.54, 1.807) is 18.5 Å². The number of rotatable bonds is 4. The third-order valence-electron chi connectivity index (χ3n) is 3.39. The van der Waals surface area contributed by atoms with Gasteiger partial charge in [-0.05, 0) is 24.6 Å². The molecule has 1 unspecified atom stereocenters. The van der Waals surface area contributed by atoms with Crippen LogP contribution < -0.4 is 10.2 Å². The minimum atomic E-state index is 0.261. The predicted octanol–water partition coefficient (Wildman–Crippen LogP) is 1.71. The molecule has 1 atom stereocenters. The lowest BCUT2D eigenvalue weighted by atomic mass is 10.2. The largest absolute Gasteiger partial charge is 0.375 e. The van der Waals surface area contributed by atoms with Crippen molar-refractivity contribution in [1.82, 2.24) is 15.0 Å². The lowest BCUT2D eigenvalue weighted by Crippen LogP contribution is -2.41. The van der Waals surface area contributed by atoms with Crippen LogP contribution >= 0.6 is 0 Å². The Morgan fingerprint density at radius 3 is 2.86 bits per heavy atom. The van der Waals surface area contributed by atoms with Crippen LogP contribution in [0.4, 0.5) is 11.8 Å². The Kier molecular flexibility index (Phi) is 4.25. The normalized spacial score (nSPS) is 18.5. The van der Waals surface area contributed by atoms with Gasteiger partial charge in [0.2, 0.25) is 5.95 Å². The van der Waals surface area contributed by atoms with Crippen molar-refractivity contribution < 1.29 is 4.74 Å². The van der Waals surface area contributed by atoms with Crippen molar-refractivity contribution in [2.24, 2.45) is 0 Å². The third-order valence-corrected chi connectivity index (χ3v) is 3.39. The van der Waals surface area contributed by atoms with Gasteiger partial charge in [-0.15, -0.1) is 0 Å². The van der Waals surface area contributed by atoms with E-state index in [2.05, 4.69) is 44.2 Å². The number of anilines is 2. The number of hydrogen-bond donors (Lipinski definition) is 1. The van der Waals surface area contributed by atoms with Gasteiger partial charge in [0.25, 0.3) is 0 Å². The molecule has 0 bridgehead atoms. The average Bonchev–Trinajstić information content (AvgIpc) is 2.54. The van der Waals surface area contributed by atoms with Gasteiger partial charge < -0.3 is 15.0 Å². The average molecular weight is 285 g/mol. The molecule has 0 saturated carbocycles. The molecule has 0 aromatic carbocycles. The van der Waals surface area contributed by atoms with Crippen molar-refractivity contribution >= 4 is 11.8 Å². The summed E-state index contributed by atoms with van der Waals surface area (Å²) in [4.78, 5) is 15.1. The number of pyridine rings is 1. The lowest BCUT2D eigenvalue weighted by molar-refractivity contribution is 0.0529. The summed E-state index contributed by atoms with van der Waals surface area (Å²) in [5, 5.41) is 3.17. The summed E-state index contributed by atoms with van der Waals surface area (Å²) in [5.41, 5.74) is 1.10. The van der Waals surface area contributed by atoms with Crippen LogP contribution in [0.3, 0.4) is 0 Å². The maximum atomic E-state index is 5.55. The zero-order valence-corrected chi connectivity index (χ0v) is 12.1. The van der Waals surface area contributed by atoms with Gasteiger partial charge in [-0.1, -0.05) is 6.07 Å². The molecule has 3 rings (SSSR count). The molecule has 0 spiro atoms. The fraction of sp³-hybridized carbons (Fsp3) is 0.400. The van der Waals surface area contributed by atoms with Gasteiger partial charge in [0.15, 0.2) is 0 Å². The van der Waals surface area contributed by atoms with Gasteiger partial charge in [0, 0.05) is 38.2 Å². The maximum absolute atomic E-state index is 5.55. The van der Waals surface area contributed by atoms with Crippen molar-refractivity contribution in [2.45, 2.75) is 19.6 Å². The first-order valence-corrected chi connectivity index (χ1v) is 7.13. The van der Waals surface area contributed by atoms with E-state index < -0.39 is 0 Å². The van der Waals surface area contributed by atoms with E-state index in [0.29, 0.717) is 12.5 Å². The molecule has 2 aromatic heterocycles. The summed E-state index contributed by atoms with van der Waals surface area (Å²) in [6, 6.07) is 5.93. The van der Waals surface area contributed by atoms with E-state index in [1.165, 1.54) is 0 Å². The summed E-state index contributed by atoms with van der Waals surface area (Å²) in [6.07, 6.45) is 5.59. The standard InChI is InChI=1S/C15H19N5O/c1-12-11-20(7-8-21-12)14-4-3-13(9-18-14)10-19-15-16-5-2-6-17-15/h2-6,9,12H,7-8,10-11H2,1H3,(H,16,17,19). The molecule has 3 heterocycles. The molecule has 0 aliphatic carbocycles. The Bertz CT molecular complexity index is 560. The molecule has 1 saturated heterocycles. The molecule has 6 heteroatoms. The number of morpholine rings is 1. The summed E-state index contributed by atoms with van der Waals surface area (Å²) >= 11 is 0. The molecule has 1 fully saturated rings.